The fourth-order valence-electron chi connectivity index (χ4n) is 2.60. The van der Waals surface area contributed by atoms with E-state index in [-0.39, 0.29) is 0 Å². The predicted molar refractivity (Wildman–Crippen MR) is 99.8 cm³/mol. The number of hydrogen-bond acceptors (Lipinski definition) is 4. The van der Waals surface area contributed by atoms with Crippen LogP contribution in [0.2, 0.25) is 0 Å². The molecule has 4 heteroatoms. The number of thioether (sulfide) groups is 1. The van der Waals surface area contributed by atoms with Crippen molar-refractivity contribution in [1.82, 2.24) is 4.98 Å². The van der Waals surface area contributed by atoms with Crippen LogP contribution in [-0.2, 0) is 5.75 Å². The van der Waals surface area contributed by atoms with Crippen LogP contribution in [0.15, 0.2) is 65.7 Å². The predicted octanol–water partition coefficient (Wildman–Crippen LogP) is 5.09. The zero-order valence-corrected chi connectivity index (χ0v) is 14.5. The molecule has 0 spiro atoms. The lowest BCUT2D eigenvalue weighted by Crippen LogP contribution is -1.96. The molecule has 3 rings (SSSR count). The molecular weight excluding hydrogens is 326 g/mol. The Morgan fingerprint density at radius 2 is 1.68 bits per heavy atom. The second kappa shape index (κ2) is 7.66. The van der Waals surface area contributed by atoms with E-state index >= 15 is 0 Å². The Kier molecular flexibility index (Phi) is 5.14. The molecule has 1 aromatic heterocycles. The van der Waals surface area contributed by atoms with Crippen LogP contribution >= 0.6 is 11.8 Å². The van der Waals surface area contributed by atoms with E-state index in [0.717, 1.165) is 22.4 Å². The van der Waals surface area contributed by atoms with Gasteiger partial charge < -0.3 is 0 Å². The summed E-state index contributed by atoms with van der Waals surface area (Å²) >= 11 is 1.49. The summed E-state index contributed by atoms with van der Waals surface area (Å²) in [4.78, 5) is 4.56. The van der Waals surface area contributed by atoms with Crippen LogP contribution in [0.1, 0.15) is 22.4 Å². The molecule has 2 aromatic carbocycles. The first-order chi connectivity index (χ1) is 12.2. The molecule has 0 aliphatic rings. The summed E-state index contributed by atoms with van der Waals surface area (Å²) in [5, 5.41) is 19.6. The highest BCUT2D eigenvalue weighted by Crippen LogP contribution is 2.32. The first-order valence-electron chi connectivity index (χ1n) is 7.81. The van der Waals surface area contributed by atoms with E-state index in [4.69, 9.17) is 0 Å². The van der Waals surface area contributed by atoms with Crippen LogP contribution in [0.25, 0.3) is 11.1 Å². The molecule has 0 N–H and O–H groups in total. The summed E-state index contributed by atoms with van der Waals surface area (Å²) in [7, 11) is 0. The number of pyridine rings is 1. The first kappa shape index (κ1) is 16.8. The van der Waals surface area contributed by atoms with Gasteiger partial charge in [0.1, 0.15) is 11.1 Å². The molecule has 3 nitrogen and oxygen atoms in total. The number of aromatic nitrogens is 1. The Balaban J connectivity index is 1.98. The SMILES string of the molecule is Cc1cc(-c2ccccc2)c(C#N)c(SCc2ccccc2C#N)n1. The van der Waals surface area contributed by atoms with Crippen molar-refractivity contribution in [3.05, 3.63) is 83.0 Å². The number of aryl methyl sites for hydroxylation is 1. The van der Waals surface area contributed by atoms with Crippen molar-refractivity contribution in [2.45, 2.75) is 17.7 Å². The van der Waals surface area contributed by atoms with Gasteiger partial charge in [-0.1, -0.05) is 48.5 Å². The second-order valence-corrected chi connectivity index (χ2v) is 6.49. The fourth-order valence-corrected chi connectivity index (χ4v) is 3.66. The monoisotopic (exact) mass is 341 g/mol. The summed E-state index contributed by atoms with van der Waals surface area (Å²) in [6.45, 7) is 1.93. The van der Waals surface area contributed by atoms with Gasteiger partial charge in [-0.15, -0.1) is 11.8 Å². The minimum absolute atomic E-state index is 0.580. The molecule has 3 aromatic rings. The molecule has 1 heterocycles. The zero-order valence-electron chi connectivity index (χ0n) is 13.7. The van der Waals surface area contributed by atoms with E-state index < -0.39 is 0 Å². The lowest BCUT2D eigenvalue weighted by Gasteiger charge is -2.11. The molecule has 0 aliphatic carbocycles. The van der Waals surface area contributed by atoms with E-state index in [2.05, 4.69) is 17.1 Å². The quantitative estimate of drug-likeness (QED) is 0.620. The second-order valence-electron chi connectivity index (χ2n) is 5.53. The molecule has 0 radical (unpaired) electrons. The minimum Gasteiger partial charge on any atom is -0.245 e. The van der Waals surface area contributed by atoms with E-state index in [1.807, 2.05) is 61.5 Å². The molecule has 0 unspecified atom stereocenters. The van der Waals surface area contributed by atoms with Crippen LogP contribution in [0.3, 0.4) is 0 Å². The number of benzene rings is 2. The van der Waals surface area contributed by atoms with Crippen LogP contribution in [-0.4, -0.2) is 4.98 Å². The first-order valence-corrected chi connectivity index (χ1v) is 8.79. The van der Waals surface area contributed by atoms with Crippen LogP contribution in [0, 0.1) is 29.6 Å². The van der Waals surface area contributed by atoms with Gasteiger partial charge in [0.25, 0.3) is 0 Å². The van der Waals surface area contributed by atoms with Crippen LogP contribution < -0.4 is 0 Å². The molecule has 0 saturated carbocycles. The lowest BCUT2D eigenvalue weighted by atomic mass is 10.0. The third-order valence-corrected chi connectivity index (χ3v) is 4.84. The molecule has 0 fully saturated rings. The van der Waals surface area contributed by atoms with Crippen molar-refractivity contribution in [1.29, 1.82) is 10.5 Å². The smallest absolute Gasteiger partial charge is 0.115 e. The molecule has 0 amide bonds. The number of hydrogen-bond donors (Lipinski definition) is 0. The summed E-state index contributed by atoms with van der Waals surface area (Å²) < 4.78 is 0. The van der Waals surface area contributed by atoms with Crippen molar-refractivity contribution in [3.8, 4) is 23.3 Å². The summed E-state index contributed by atoms with van der Waals surface area (Å²) in [5.41, 5.74) is 4.95. The van der Waals surface area contributed by atoms with Crippen molar-refractivity contribution in [2.75, 3.05) is 0 Å². The van der Waals surface area contributed by atoms with Gasteiger partial charge in [-0.05, 0) is 30.2 Å². The maximum Gasteiger partial charge on any atom is 0.115 e. The van der Waals surface area contributed by atoms with Gasteiger partial charge in [0, 0.05) is 17.0 Å². The number of nitrogens with zero attached hydrogens (tertiary/aromatic N) is 3. The molecule has 0 atom stereocenters. The van der Waals surface area contributed by atoms with Gasteiger partial charge in [0.2, 0.25) is 0 Å². The maximum atomic E-state index is 9.69. The molecule has 0 saturated heterocycles. The van der Waals surface area contributed by atoms with E-state index in [9.17, 15) is 10.5 Å². The van der Waals surface area contributed by atoms with Gasteiger partial charge >= 0.3 is 0 Å². The van der Waals surface area contributed by atoms with Crippen molar-refractivity contribution in [2.24, 2.45) is 0 Å². The third kappa shape index (κ3) is 3.71. The van der Waals surface area contributed by atoms with Gasteiger partial charge in [0.15, 0.2) is 0 Å². The van der Waals surface area contributed by atoms with Gasteiger partial charge in [0.05, 0.1) is 17.2 Å². The summed E-state index contributed by atoms with van der Waals surface area (Å²) in [6, 6.07) is 23.8. The highest BCUT2D eigenvalue weighted by Gasteiger charge is 2.14. The Hall–Kier alpha value is -3.08. The van der Waals surface area contributed by atoms with Crippen molar-refractivity contribution in [3.63, 3.8) is 0 Å². The zero-order chi connectivity index (χ0) is 17.6. The highest BCUT2D eigenvalue weighted by atomic mass is 32.2. The van der Waals surface area contributed by atoms with E-state index in [1.54, 1.807) is 6.07 Å². The third-order valence-electron chi connectivity index (χ3n) is 3.81. The van der Waals surface area contributed by atoms with Crippen LogP contribution in [0.5, 0.6) is 0 Å². The molecule has 120 valence electrons. The number of rotatable bonds is 4. The summed E-state index contributed by atoms with van der Waals surface area (Å²) in [5.74, 6) is 0.600. The van der Waals surface area contributed by atoms with Gasteiger partial charge in [-0.2, -0.15) is 10.5 Å². The Labute approximate surface area is 151 Å². The van der Waals surface area contributed by atoms with Crippen molar-refractivity contribution >= 4 is 11.8 Å². The van der Waals surface area contributed by atoms with Crippen LogP contribution in [0.4, 0.5) is 0 Å². The Morgan fingerprint density at radius 1 is 0.960 bits per heavy atom. The fraction of sp³-hybridized carbons (Fsp3) is 0.0952. The standard InChI is InChI=1S/C21H15N3S/c1-15-11-19(16-7-3-2-4-8-16)20(13-23)21(24-15)25-14-18-10-6-5-9-17(18)12-22/h2-11H,14H2,1H3. The van der Waals surface area contributed by atoms with Gasteiger partial charge in [-0.3, -0.25) is 0 Å². The Morgan fingerprint density at radius 3 is 2.40 bits per heavy atom. The average Bonchev–Trinajstić information content (AvgIpc) is 2.66. The van der Waals surface area contributed by atoms with E-state index in [0.29, 0.717) is 21.9 Å². The normalized spacial score (nSPS) is 10.0. The molecule has 0 bridgehead atoms. The molecule has 25 heavy (non-hydrogen) atoms. The maximum absolute atomic E-state index is 9.69. The lowest BCUT2D eigenvalue weighted by molar-refractivity contribution is 1.05. The molecular formula is C21H15N3S. The Bertz CT molecular complexity index is 982. The number of nitriles is 2. The van der Waals surface area contributed by atoms with Gasteiger partial charge in [-0.25, -0.2) is 4.98 Å². The summed E-state index contributed by atoms with van der Waals surface area (Å²) in [6.07, 6.45) is 0. The average molecular weight is 341 g/mol. The topological polar surface area (TPSA) is 60.5 Å². The van der Waals surface area contributed by atoms with Crippen molar-refractivity contribution < 1.29 is 0 Å². The molecule has 0 aliphatic heterocycles. The largest absolute Gasteiger partial charge is 0.245 e. The minimum atomic E-state index is 0.580. The van der Waals surface area contributed by atoms with E-state index in [1.165, 1.54) is 11.8 Å². The highest BCUT2D eigenvalue weighted by molar-refractivity contribution is 7.98.